The first kappa shape index (κ1) is 20.4. The van der Waals surface area contributed by atoms with Gasteiger partial charge >= 0.3 is 0 Å². The van der Waals surface area contributed by atoms with Crippen LogP contribution in [0.15, 0.2) is 48.7 Å². The number of rotatable bonds is 3. The summed E-state index contributed by atoms with van der Waals surface area (Å²) < 4.78 is 14.2. The number of pyridine rings is 1. The Kier molecular flexibility index (Phi) is 5.01. The van der Waals surface area contributed by atoms with E-state index in [4.69, 9.17) is 11.6 Å². The van der Waals surface area contributed by atoms with E-state index >= 15 is 0 Å². The molecule has 5 heteroatoms. The summed E-state index contributed by atoms with van der Waals surface area (Å²) in [5.41, 5.74) is 3.56. The van der Waals surface area contributed by atoms with E-state index in [2.05, 4.69) is 17.2 Å². The van der Waals surface area contributed by atoms with Crippen LogP contribution in [0.5, 0.6) is 0 Å². The van der Waals surface area contributed by atoms with Gasteiger partial charge in [0, 0.05) is 28.2 Å². The van der Waals surface area contributed by atoms with Crippen molar-refractivity contribution in [3.63, 3.8) is 0 Å². The van der Waals surface area contributed by atoms with Crippen LogP contribution >= 0.6 is 11.6 Å². The highest BCUT2D eigenvalue weighted by Crippen LogP contribution is 2.67. The number of halogens is 2. The molecule has 1 heterocycles. The second-order valence-corrected chi connectivity index (χ2v) is 9.73. The van der Waals surface area contributed by atoms with Gasteiger partial charge in [0.1, 0.15) is 5.82 Å². The van der Waals surface area contributed by atoms with E-state index in [1.165, 1.54) is 5.56 Å². The van der Waals surface area contributed by atoms with Crippen LogP contribution in [-0.2, 0) is 4.79 Å². The minimum Gasteiger partial charge on any atom is -0.326 e. The van der Waals surface area contributed by atoms with Crippen LogP contribution in [0.4, 0.5) is 10.1 Å². The molecule has 0 bridgehead atoms. The van der Waals surface area contributed by atoms with Gasteiger partial charge in [-0.05, 0) is 103 Å². The fraction of sp³-hybridized carbons (Fsp3) is 0.385. The minimum absolute atomic E-state index is 0.0541. The number of anilines is 1. The molecule has 1 amide bonds. The van der Waals surface area contributed by atoms with Gasteiger partial charge in [0.2, 0.25) is 5.91 Å². The second kappa shape index (κ2) is 7.59. The van der Waals surface area contributed by atoms with E-state index in [0.717, 1.165) is 42.3 Å². The van der Waals surface area contributed by atoms with Crippen molar-refractivity contribution in [2.75, 3.05) is 5.32 Å². The second-order valence-electron chi connectivity index (χ2n) is 9.29. The topological polar surface area (TPSA) is 42.0 Å². The van der Waals surface area contributed by atoms with E-state index in [1.807, 2.05) is 30.5 Å². The Morgan fingerprint density at radius 1 is 1.16 bits per heavy atom. The number of aryl methyl sites for hydroxylation is 1. The lowest BCUT2D eigenvalue weighted by atomic mass is 9.74. The Morgan fingerprint density at radius 3 is 2.58 bits per heavy atom. The van der Waals surface area contributed by atoms with Gasteiger partial charge in [-0.1, -0.05) is 18.5 Å². The van der Waals surface area contributed by atoms with Crippen molar-refractivity contribution in [2.24, 2.45) is 17.3 Å². The van der Waals surface area contributed by atoms with E-state index in [0.29, 0.717) is 22.4 Å². The number of nitrogens with zero attached hydrogens (tertiary/aromatic N) is 1. The fourth-order valence-corrected chi connectivity index (χ4v) is 5.95. The summed E-state index contributed by atoms with van der Waals surface area (Å²) >= 11 is 5.94. The third kappa shape index (κ3) is 3.51. The maximum absolute atomic E-state index is 14.2. The zero-order valence-corrected chi connectivity index (χ0v) is 18.5. The lowest BCUT2D eigenvalue weighted by molar-refractivity contribution is -0.118. The molecule has 3 nitrogen and oxygen atoms in total. The first-order valence-corrected chi connectivity index (χ1v) is 11.4. The molecule has 2 fully saturated rings. The quantitative estimate of drug-likeness (QED) is 0.486. The largest absolute Gasteiger partial charge is 0.326 e. The van der Waals surface area contributed by atoms with Gasteiger partial charge in [0.15, 0.2) is 0 Å². The van der Waals surface area contributed by atoms with Crippen molar-refractivity contribution in [3.8, 4) is 0 Å². The SMILES string of the molecule is Cc1cc2nccc([C@H]3CC[C@]4(CC3)[C@H](C(=O)Nc3ccc(Cl)cc3)[C@@H]4C)c2cc1F. The van der Waals surface area contributed by atoms with Crippen LogP contribution in [0.25, 0.3) is 10.9 Å². The summed E-state index contributed by atoms with van der Waals surface area (Å²) in [6, 6.07) is 12.8. The van der Waals surface area contributed by atoms with Gasteiger partial charge in [-0.15, -0.1) is 0 Å². The predicted molar refractivity (Wildman–Crippen MR) is 123 cm³/mol. The summed E-state index contributed by atoms with van der Waals surface area (Å²) in [7, 11) is 0. The summed E-state index contributed by atoms with van der Waals surface area (Å²) in [6.45, 7) is 3.98. The van der Waals surface area contributed by atoms with Crippen molar-refractivity contribution >= 4 is 34.1 Å². The van der Waals surface area contributed by atoms with Crippen LogP contribution in [0.2, 0.25) is 5.02 Å². The molecular weight excluding hydrogens is 411 g/mol. The van der Waals surface area contributed by atoms with Crippen LogP contribution in [0, 0.1) is 30.0 Å². The molecule has 2 atom stereocenters. The number of hydrogen-bond donors (Lipinski definition) is 1. The smallest absolute Gasteiger partial charge is 0.228 e. The lowest BCUT2D eigenvalue weighted by Crippen LogP contribution is -2.22. The summed E-state index contributed by atoms with van der Waals surface area (Å²) in [4.78, 5) is 17.4. The maximum atomic E-state index is 14.2. The molecule has 3 aromatic rings. The molecule has 2 aliphatic rings. The van der Waals surface area contributed by atoms with E-state index < -0.39 is 0 Å². The molecule has 1 aromatic heterocycles. The monoisotopic (exact) mass is 436 g/mol. The molecule has 0 aliphatic heterocycles. The van der Waals surface area contributed by atoms with Crippen LogP contribution in [-0.4, -0.2) is 10.9 Å². The van der Waals surface area contributed by atoms with Gasteiger partial charge in [-0.3, -0.25) is 9.78 Å². The molecule has 2 aromatic carbocycles. The van der Waals surface area contributed by atoms with Gasteiger partial charge < -0.3 is 5.32 Å². The first-order valence-electron chi connectivity index (χ1n) is 11.0. The van der Waals surface area contributed by atoms with E-state index in [-0.39, 0.29) is 23.1 Å². The predicted octanol–water partition coefficient (Wildman–Crippen LogP) is 6.88. The van der Waals surface area contributed by atoms with Crippen molar-refractivity contribution in [1.29, 1.82) is 0 Å². The normalized spacial score (nSPS) is 27.4. The minimum atomic E-state index is -0.177. The Morgan fingerprint density at radius 2 is 1.87 bits per heavy atom. The number of hydrogen-bond acceptors (Lipinski definition) is 2. The Hall–Kier alpha value is -2.46. The average Bonchev–Trinajstić information content (AvgIpc) is 3.33. The molecule has 5 rings (SSSR count). The molecule has 0 radical (unpaired) electrons. The molecule has 1 spiro atoms. The van der Waals surface area contributed by atoms with Gasteiger partial charge in [-0.2, -0.15) is 0 Å². The third-order valence-corrected chi connectivity index (χ3v) is 7.98. The van der Waals surface area contributed by atoms with Crippen LogP contribution < -0.4 is 5.32 Å². The number of benzene rings is 2. The van der Waals surface area contributed by atoms with Crippen molar-refractivity contribution < 1.29 is 9.18 Å². The number of fused-ring (bicyclic) bond motifs is 1. The highest BCUT2D eigenvalue weighted by atomic mass is 35.5. The standard InChI is InChI=1S/C26H26ClFN2O/c1-15-13-23-21(14-22(15)28)20(9-12-29-23)17-7-10-26(11-8-17)16(2)24(26)25(31)30-19-5-3-18(27)4-6-19/h3-6,9,12-14,16-17,24H,7-8,10-11H2,1-2H3,(H,30,31)/t16-,17-,24-,26+/m0/s1. The number of amides is 1. The Balaban J connectivity index is 1.30. The number of carbonyl (C=O) groups excluding carboxylic acids is 1. The summed E-state index contributed by atoms with van der Waals surface area (Å²) in [5, 5.41) is 4.65. The van der Waals surface area contributed by atoms with Crippen molar-refractivity contribution in [1.82, 2.24) is 4.98 Å². The van der Waals surface area contributed by atoms with Gasteiger partial charge in [0.25, 0.3) is 0 Å². The maximum Gasteiger partial charge on any atom is 0.228 e. The van der Waals surface area contributed by atoms with E-state index in [1.54, 1.807) is 25.1 Å². The molecule has 2 aliphatic carbocycles. The van der Waals surface area contributed by atoms with Crippen molar-refractivity contribution in [2.45, 2.75) is 45.4 Å². The zero-order valence-electron chi connectivity index (χ0n) is 17.8. The molecule has 0 saturated heterocycles. The number of carbonyl (C=O) groups is 1. The van der Waals surface area contributed by atoms with Crippen LogP contribution in [0.1, 0.15) is 49.7 Å². The number of nitrogens with one attached hydrogen (secondary N) is 1. The average molecular weight is 437 g/mol. The molecule has 0 unspecified atom stereocenters. The molecule has 1 N–H and O–H groups in total. The number of aromatic nitrogens is 1. The fourth-order valence-electron chi connectivity index (χ4n) is 5.82. The highest BCUT2D eigenvalue weighted by molar-refractivity contribution is 6.30. The zero-order chi connectivity index (χ0) is 21.8. The summed E-state index contributed by atoms with van der Waals surface area (Å²) in [6.07, 6.45) is 5.92. The highest BCUT2D eigenvalue weighted by Gasteiger charge is 2.65. The van der Waals surface area contributed by atoms with Gasteiger partial charge in [0.05, 0.1) is 5.52 Å². The van der Waals surface area contributed by atoms with Crippen molar-refractivity contribution in [3.05, 3.63) is 70.6 Å². The third-order valence-electron chi connectivity index (χ3n) is 7.72. The summed E-state index contributed by atoms with van der Waals surface area (Å²) in [5.74, 6) is 0.753. The molecule has 31 heavy (non-hydrogen) atoms. The first-order chi connectivity index (χ1) is 14.9. The molecular formula is C26H26ClFN2O. The van der Waals surface area contributed by atoms with Gasteiger partial charge in [-0.25, -0.2) is 4.39 Å². The molecule has 2 saturated carbocycles. The lowest BCUT2D eigenvalue weighted by Gasteiger charge is -2.31. The Bertz CT molecular complexity index is 1150. The molecule has 160 valence electrons. The Labute approximate surface area is 187 Å². The van der Waals surface area contributed by atoms with Crippen LogP contribution in [0.3, 0.4) is 0 Å². The van der Waals surface area contributed by atoms with E-state index in [9.17, 15) is 9.18 Å².